The highest BCUT2D eigenvalue weighted by Gasteiger charge is 2.24. The molecule has 0 unspecified atom stereocenters. The van der Waals surface area contributed by atoms with Gasteiger partial charge < -0.3 is 19.6 Å². The van der Waals surface area contributed by atoms with Gasteiger partial charge in [-0.3, -0.25) is 0 Å². The van der Waals surface area contributed by atoms with E-state index < -0.39 is 5.97 Å². The summed E-state index contributed by atoms with van der Waals surface area (Å²) in [6.07, 6.45) is 1.48. The van der Waals surface area contributed by atoms with E-state index in [4.69, 9.17) is 15.0 Å². The average molecular weight is 399 g/mol. The number of nitrogens with two attached hydrogens (primary N) is 1. The van der Waals surface area contributed by atoms with E-state index >= 15 is 0 Å². The number of hydrogen-bond acceptors (Lipinski definition) is 7. The molecule has 0 aliphatic heterocycles. The summed E-state index contributed by atoms with van der Waals surface area (Å²) in [5.41, 5.74) is 9.31. The molecule has 0 saturated carbocycles. The Bertz CT molecular complexity index is 1300. The number of nitrogens with zero attached hydrogens (tertiary/aromatic N) is 4. The fourth-order valence-corrected chi connectivity index (χ4v) is 3.20. The van der Waals surface area contributed by atoms with E-state index in [1.165, 1.54) is 17.9 Å². The van der Waals surface area contributed by atoms with Crippen LogP contribution in [-0.4, -0.2) is 27.8 Å². The Morgan fingerprint density at radius 1 is 1.23 bits per heavy atom. The highest BCUT2D eigenvalue weighted by molar-refractivity contribution is 5.96. The lowest BCUT2D eigenvalue weighted by Crippen LogP contribution is -2.11. The molecule has 0 saturated heterocycles. The van der Waals surface area contributed by atoms with E-state index in [-0.39, 0.29) is 22.8 Å². The first-order chi connectivity index (χ1) is 14.5. The van der Waals surface area contributed by atoms with Crippen molar-refractivity contribution in [1.82, 2.24) is 14.7 Å². The molecule has 148 valence electrons. The monoisotopic (exact) mass is 399 g/mol. The van der Waals surface area contributed by atoms with Crippen molar-refractivity contribution in [1.29, 1.82) is 5.26 Å². The summed E-state index contributed by atoms with van der Waals surface area (Å²) in [5.74, 6) is 0.0555. The number of ether oxygens (including phenoxy) is 1. The first kappa shape index (κ1) is 19.0. The van der Waals surface area contributed by atoms with Crippen LogP contribution in [-0.2, 0) is 4.74 Å². The van der Waals surface area contributed by atoms with Gasteiger partial charge in [0.05, 0.1) is 29.6 Å². The molecule has 8 nitrogen and oxygen atoms in total. The number of rotatable bonds is 4. The molecule has 0 atom stereocenters. The maximum Gasteiger partial charge on any atom is 0.357 e. The van der Waals surface area contributed by atoms with Crippen LogP contribution in [0.1, 0.15) is 21.6 Å². The number of nitrogen functional groups attached to an aromatic ring is 1. The average Bonchev–Trinajstić information content (AvgIpc) is 3.38. The molecule has 2 aromatic heterocycles. The molecule has 0 amide bonds. The topological polar surface area (TPSA) is 120 Å². The van der Waals surface area contributed by atoms with Crippen LogP contribution in [0.25, 0.3) is 28.5 Å². The first-order valence-corrected chi connectivity index (χ1v) is 9.03. The van der Waals surface area contributed by atoms with E-state index in [1.54, 1.807) is 18.2 Å². The van der Waals surface area contributed by atoms with E-state index in [0.717, 1.165) is 11.1 Å². The number of methoxy groups -OCH3 is 1. The molecule has 0 radical (unpaired) electrons. The van der Waals surface area contributed by atoms with Crippen LogP contribution < -0.4 is 5.73 Å². The molecule has 0 aliphatic rings. The van der Waals surface area contributed by atoms with Gasteiger partial charge in [0.15, 0.2) is 5.69 Å². The number of aryl methyl sites for hydroxylation is 1. The Kier molecular flexibility index (Phi) is 4.78. The van der Waals surface area contributed by atoms with Gasteiger partial charge in [-0.15, -0.1) is 0 Å². The molecule has 2 heterocycles. The highest BCUT2D eigenvalue weighted by atomic mass is 16.5. The summed E-state index contributed by atoms with van der Waals surface area (Å²) in [6, 6.07) is 16.9. The molecule has 4 rings (SSSR count). The van der Waals surface area contributed by atoms with Gasteiger partial charge in [-0.25, -0.2) is 4.79 Å². The minimum absolute atomic E-state index is 0.0464. The van der Waals surface area contributed by atoms with Gasteiger partial charge in [-0.1, -0.05) is 41.1 Å². The van der Waals surface area contributed by atoms with E-state index in [1.807, 2.05) is 43.3 Å². The second-order valence-corrected chi connectivity index (χ2v) is 6.59. The SMILES string of the molecule is COC(=O)c1c(N)c(C#N)cn1-c1ccccc1-c1nc(-c2cccc(C)c2)no1. The molecule has 8 heteroatoms. The predicted molar refractivity (Wildman–Crippen MR) is 110 cm³/mol. The minimum atomic E-state index is -0.658. The number of para-hydroxylation sites is 1. The lowest BCUT2D eigenvalue weighted by molar-refractivity contribution is 0.0593. The number of benzene rings is 2. The molecular weight excluding hydrogens is 382 g/mol. The maximum atomic E-state index is 12.3. The number of nitriles is 1. The Morgan fingerprint density at radius 2 is 2.03 bits per heavy atom. The number of carbonyl (C=O) groups is 1. The van der Waals surface area contributed by atoms with Crippen LogP contribution in [0.5, 0.6) is 0 Å². The zero-order valence-electron chi connectivity index (χ0n) is 16.3. The third-order valence-electron chi connectivity index (χ3n) is 4.64. The number of carbonyl (C=O) groups excluding carboxylic acids is 1. The van der Waals surface area contributed by atoms with Crippen molar-refractivity contribution in [2.45, 2.75) is 6.92 Å². The van der Waals surface area contributed by atoms with Crippen LogP contribution in [0.2, 0.25) is 0 Å². The third kappa shape index (κ3) is 3.18. The van der Waals surface area contributed by atoms with Crippen molar-refractivity contribution < 1.29 is 14.1 Å². The van der Waals surface area contributed by atoms with Crippen molar-refractivity contribution in [2.24, 2.45) is 0 Å². The van der Waals surface area contributed by atoms with Crippen molar-refractivity contribution in [3.8, 4) is 34.6 Å². The normalized spacial score (nSPS) is 10.6. The van der Waals surface area contributed by atoms with Crippen LogP contribution in [0, 0.1) is 18.3 Å². The van der Waals surface area contributed by atoms with E-state index in [9.17, 15) is 10.1 Å². The van der Waals surface area contributed by atoms with Crippen LogP contribution in [0.4, 0.5) is 5.69 Å². The molecule has 2 aromatic carbocycles. The Balaban J connectivity index is 1.86. The van der Waals surface area contributed by atoms with Crippen molar-refractivity contribution in [3.05, 3.63) is 71.5 Å². The number of aromatic nitrogens is 3. The van der Waals surface area contributed by atoms with Gasteiger partial charge in [0, 0.05) is 11.8 Å². The largest absolute Gasteiger partial charge is 0.464 e. The molecule has 0 spiro atoms. The molecule has 0 fully saturated rings. The smallest absolute Gasteiger partial charge is 0.357 e. The summed E-state index contributed by atoms with van der Waals surface area (Å²) in [4.78, 5) is 16.9. The molecule has 0 bridgehead atoms. The molecule has 30 heavy (non-hydrogen) atoms. The van der Waals surface area contributed by atoms with Gasteiger partial charge in [0.25, 0.3) is 5.89 Å². The van der Waals surface area contributed by atoms with Gasteiger partial charge in [0.1, 0.15) is 6.07 Å². The van der Waals surface area contributed by atoms with Gasteiger partial charge in [-0.2, -0.15) is 10.2 Å². The summed E-state index contributed by atoms with van der Waals surface area (Å²) in [6.45, 7) is 1.98. The van der Waals surface area contributed by atoms with E-state index in [2.05, 4.69) is 10.1 Å². The summed E-state index contributed by atoms with van der Waals surface area (Å²) in [7, 11) is 1.25. The fourth-order valence-electron chi connectivity index (χ4n) is 3.20. The number of hydrogen-bond donors (Lipinski definition) is 1. The standard InChI is InChI=1S/C22H17N5O3/c1-13-6-5-7-14(10-13)20-25-21(30-26-20)16-8-3-4-9-17(16)27-12-15(11-23)18(24)19(27)22(28)29-2/h3-10,12H,24H2,1-2H3. The molecule has 4 aromatic rings. The summed E-state index contributed by atoms with van der Waals surface area (Å²) in [5, 5.41) is 13.4. The third-order valence-corrected chi connectivity index (χ3v) is 4.64. The lowest BCUT2D eigenvalue weighted by atomic mass is 10.1. The van der Waals surface area contributed by atoms with Crippen molar-refractivity contribution in [3.63, 3.8) is 0 Å². The quantitative estimate of drug-likeness (QED) is 0.519. The molecular formula is C22H17N5O3. The van der Waals surface area contributed by atoms with Crippen LogP contribution in [0.3, 0.4) is 0 Å². The highest BCUT2D eigenvalue weighted by Crippen LogP contribution is 2.32. The molecule has 2 N–H and O–H groups in total. The number of esters is 1. The first-order valence-electron chi connectivity index (χ1n) is 9.03. The number of anilines is 1. The van der Waals surface area contributed by atoms with E-state index in [0.29, 0.717) is 17.1 Å². The second-order valence-electron chi connectivity index (χ2n) is 6.59. The Labute approximate surface area is 172 Å². The zero-order chi connectivity index (χ0) is 21.3. The zero-order valence-corrected chi connectivity index (χ0v) is 16.3. The van der Waals surface area contributed by atoms with Gasteiger partial charge in [0.2, 0.25) is 5.82 Å². The summed E-state index contributed by atoms with van der Waals surface area (Å²) >= 11 is 0. The van der Waals surface area contributed by atoms with Crippen LogP contribution in [0.15, 0.2) is 59.3 Å². The lowest BCUT2D eigenvalue weighted by Gasteiger charge is -2.11. The summed E-state index contributed by atoms with van der Waals surface area (Å²) < 4.78 is 11.9. The minimum Gasteiger partial charge on any atom is -0.464 e. The van der Waals surface area contributed by atoms with Crippen molar-refractivity contribution >= 4 is 11.7 Å². The maximum absolute atomic E-state index is 12.3. The Morgan fingerprint density at radius 3 is 2.77 bits per heavy atom. The Hall–Kier alpha value is -4.38. The van der Waals surface area contributed by atoms with Gasteiger partial charge in [-0.05, 0) is 25.1 Å². The second kappa shape index (κ2) is 7.56. The molecule has 0 aliphatic carbocycles. The van der Waals surface area contributed by atoms with Gasteiger partial charge >= 0.3 is 5.97 Å². The van der Waals surface area contributed by atoms with Crippen LogP contribution >= 0.6 is 0 Å². The predicted octanol–water partition coefficient (Wildman–Crippen LogP) is 3.74. The van der Waals surface area contributed by atoms with Crippen molar-refractivity contribution in [2.75, 3.05) is 12.8 Å². The fraction of sp³-hybridized carbons (Fsp3) is 0.0909.